The molecule has 0 spiro atoms. The van der Waals surface area contributed by atoms with Gasteiger partial charge in [-0.25, -0.2) is 4.79 Å². The van der Waals surface area contributed by atoms with Gasteiger partial charge < -0.3 is 5.32 Å². The second kappa shape index (κ2) is 4.65. The quantitative estimate of drug-likeness (QED) is 0.746. The highest BCUT2D eigenvalue weighted by Crippen LogP contribution is 2.18. The van der Waals surface area contributed by atoms with Gasteiger partial charge in [0.25, 0.3) is 5.91 Å². The minimum absolute atomic E-state index is 0.0995. The summed E-state index contributed by atoms with van der Waals surface area (Å²) in [5, 5.41) is 10.2. The van der Waals surface area contributed by atoms with Crippen LogP contribution in [0.2, 0.25) is 0 Å². The molecule has 2 rings (SSSR count). The van der Waals surface area contributed by atoms with Crippen LogP contribution in [0.3, 0.4) is 0 Å². The number of nitrogens with zero attached hydrogens (tertiary/aromatic N) is 2. The van der Waals surface area contributed by atoms with Crippen molar-refractivity contribution in [2.45, 2.75) is 6.42 Å². The summed E-state index contributed by atoms with van der Waals surface area (Å²) in [7, 11) is 1.50. The van der Waals surface area contributed by atoms with Crippen LogP contribution in [0.25, 0.3) is 0 Å². The first-order chi connectivity index (χ1) is 8.20. The fourth-order valence-electron chi connectivity index (χ4n) is 1.46. The van der Waals surface area contributed by atoms with E-state index >= 15 is 0 Å². The fraction of sp³-hybridized carbons (Fsp3) is 0.182. The van der Waals surface area contributed by atoms with Crippen molar-refractivity contribution in [2.24, 2.45) is 5.10 Å². The lowest BCUT2D eigenvalue weighted by Crippen LogP contribution is -2.36. The van der Waals surface area contributed by atoms with E-state index in [1.165, 1.54) is 12.1 Å². The number of hydrogen-bond donors (Lipinski definition) is 2. The summed E-state index contributed by atoms with van der Waals surface area (Å²) in [5.41, 5.74) is 0.686. The number of carbonyl (C=O) groups is 2. The maximum atomic E-state index is 11.7. The third-order valence-corrected chi connectivity index (χ3v) is 2.26. The first-order valence-corrected chi connectivity index (χ1v) is 5.15. The molecule has 1 aromatic carbocycles. The Hall–Kier alpha value is -2.37. The Kier molecular flexibility index (Phi) is 3.04. The molecule has 2 N–H and O–H groups in total. The molecular formula is C11H12N4O2. The summed E-state index contributed by atoms with van der Waals surface area (Å²) in [5.74, 6) is 0.181. The number of anilines is 1. The molecule has 0 unspecified atom stereocenters. The van der Waals surface area contributed by atoms with Crippen LogP contribution in [0.5, 0.6) is 0 Å². The van der Waals surface area contributed by atoms with Crippen molar-refractivity contribution in [3.8, 4) is 0 Å². The van der Waals surface area contributed by atoms with Gasteiger partial charge in [0.05, 0.1) is 12.1 Å². The lowest BCUT2D eigenvalue weighted by Gasteiger charge is -2.10. The van der Waals surface area contributed by atoms with Gasteiger partial charge in [-0.15, -0.1) is 0 Å². The molecular weight excluding hydrogens is 220 g/mol. The molecule has 88 valence electrons. The van der Waals surface area contributed by atoms with Crippen molar-refractivity contribution in [1.82, 2.24) is 10.6 Å². The average Bonchev–Trinajstić information content (AvgIpc) is 2.71. The molecule has 0 fully saturated rings. The summed E-state index contributed by atoms with van der Waals surface area (Å²) >= 11 is 0. The number of amides is 3. The van der Waals surface area contributed by atoms with E-state index in [2.05, 4.69) is 15.7 Å². The molecule has 6 nitrogen and oxygen atoms in total. The largest absolute Gasteiger partial charge is 0.341 e. The first kappa shape index (κ1) is 11.1. The van der Waals surface area contributed by atoms with Crippen LogP contribution in [0.4, 0.5) is 10.5 Å². The predicted molar refractivity (Wildman–Crippen MR) is 63.6 cm³/mol. The number of rotatable bonds is 1. The summed E-state index contributed by atoms with van der Waals surface area (Å²) in [6.45, 7) is 0. The second-order valence-corrected chi connectivity index (χ2v) is 3.47. The molecule has 1 aromatic rings. The van der Waals surface area contributed by atoms with Gasteiger partial charge in [0.1, 0.15) is 5.84 Å². The van der Waals surface area contributed by atoms with Gasteiger partial charge in [0.15, 0.2) is 0 Å². The Bertz CT molecular complexity index is 470. The van der Waals surface area contributed by atoms with Crippen LogP contribution in [0.1, 0.15) is 6.42 Å². The van der Waals surface area contributed by atoms with Crippen LogP contribution in [0.15, 0.2) is 35.4 Å². The molecule has 0 aromatic heterocycles. The molecule has 0 saturated heterocycles. The molecule has 0 atom stereocenters. The number of hydrogen-bond acceptors (Lipinski definition) is 3. The van der Waals surface area contributed by atoms with Crippen molar-refractivity contribution in [2.75, 3.05) is 12.1 Å². The second-order valence-electron chi connectivity index (χ2n) is 3.47. The normalized spacial score (nSPS) is 14.5. The van der Waals surface area contributed by atoms with Gasteiger partial charge in [-0.3, -0.25) is 10.1 Å². The molecule has 1 heterocycles. The van der Waals surface area contributed by atoms with Crippen LogP contribution in [-0.2, 0) is 4.79 Å². The van der Waals surface area contributed by atoms with Crippen LogP contribution >= 0.6 is 0 Å². The summed E-state index contributed by atoms with van der Waals surface area (Å²) in [4.78, 5) is 22.8. The van der Waals surface area contributed by atoms with Crippen molar-refractivity contribution < 1.29 is 9.59 Å². The molecule has 0 saturated carbocycles. The predicted octanol–water partition coefficient (Wildman–Crippen LogP) is 0.666. The topological polar surface area (TPSA) is 73.8 Å². The van der Waals surface area contributed by atoms with Crippen LogP contribution in [-0.4, -0.2) is 24.8 Å². The van der Waals surface area contributed by atoms with Gasteiger partial charge in [-0.05, 0) is 12.1 Å². The van der Waals surface area contributed by atoms with Crippen LogP contribution in [0, 0.1) is 0 Å². The third kappa shape index (κ3) is 2.41. The zero-order valence-corrected chi connectivity index (χ0v) is 9.30. The number of benzene rings is 1. The molecule has 6 heteroatoms. The number of carbonyl (C=O) groups excluding carboxylic acids is 2. The summed E-state index contributed by atoms with van der Waals surface area (Å²) < 4.78 is 0. The zero-order chi connectivity index (χ0) is 12.3. The van der Waals surface area contributed by atoms with E-state index in [1.807, 2.05) is 18.2 Å². The van der Waals surface area contributed by atoms with E-state index in [0.717, 1.165) is 0 Å². The van der Waals surface area contributed by atoms with E-state index in [4.69, 9.17) is 0 Å². The minimum atomic E-state index is -0.383. The standard InChI is InChI=1S/C11H12N4O2/c1-12-11(17)13-9-7-10(16)15(14-9)8-5-3-2-4-6-8/h2-6H,7H2,1H3,(H2,12,13,14,17). The van der Waals surface area contributed by atoms with Gasteiger partial charge in [0.2, 0.25) is 0 Å². The highest BCUT2D eigenvalue weighted by atomic mass is 16.2. The SMILES string of the molecule is CNC(=O)NC1=NN(c2ccccc2)C(=O)C1. The van der Waals surface area contributed by atoms with Crippen LogP contribution < -0.4 is 15.6 Å². The lowest BCUT2D eigenvalue weighted by molar-refractivity contribution is -0.116. The minimum Gasteiger partial charge on any atom is -0.341 e. The Labute approximate surface area is 98.3 Å². The Balaban J connectivity index is 2.15. The Morgan fingerprint density at radius 2 is 2.06 bits per heavy atom. The molecule has 1 aliphatic rings. The maximum absolute atomic E-state index is 11.7. The molecule has 17 heavy (non-hydrogen) atoms. The Morgan fingerprint density at radius 3 is 2.71 bits per heavy atom. The van der Waals surface area contributed by atoms with E-state index in [9.17, 15) is 9.59 Å². The van der Waals surface area contributed by atoms with Gasteiger partial charge >= 0.3 is 6.03 Å². The molecule has 0 aliphatic carbocycles. The first-order valence-electron chi connectivity index (χ1n) is 5.15. The lowest BCUT2D eigenvalue weighted by atomic mass is 10.3. The fourth-order valence-corrected chi connectivity index (χ4v) is 1.46. The maximum Gasteiger partial charge on any atom is 0.319 e. The molecule has 3 amide bonds. The van der Waals surface area contributed by atoms with Crippen molar-refractivity contribution >= 4 is 23.5 Å². The number of hydrazone groups is 1. The molecule has 0 bridgehead atoms. The van der Waals surface area contributed by atoms with E-state index in [0.29, 0.717) is 11.5 Å². The number of amidine groups is 1. The monoisotopic (exact) mass is 232 g/mol. The number of nitrogens with one attached hydrogen (secondary N) is 2. The van der Waals surface area contributed by atoms with E-state index < -0.39 is 0 Å². The number of para-hydroxylation sites is 1. The van der Waals surface area contributed by atoms with Gasteiger partial charge in [-0.2, -0.15) is 10.1 Å². The van der Waals surface area contributed by atoms with Crippen molar-refractivity contribution in [3.05, 3.63) is 30.3 Å². The summed E-state index contributed by atoms with van der Waals surface area (Å²) in [6, 6.07) is 8.68. The summed E-state index contributed by atoms with van der Waals surface area (Å²) in [6.07, 6.45) is 0.0995. The van der Waals surface area contributed by atoms with Gasteiger partial charge in [0, 0.05) is 7.05 Å². The van der Waals surface area contributed by atoms with Crippen molar-refractivity contribution in [1.29, 1.82) is 0 Å². The smallest absolute Gasteiger partial charge is 0.319 e. The zero-order valence-electron chi connectivity index (χ0n) is 9.30. The third-order valence-electron chi connectivity index (χ3n) is 2.26. The highest BCUT2D eigenvalue weighted by Gasteiger charge is 2.25. The highest BCUT2D eigenvalue weighted by molar-refractivity contribution is 6.15. The van der Waals surface area contributed by atoms with E-state index in [1.54, 1.807) is 12.1 Å². The Morgan fingerprint density at radius 1 is 1.35 bits per heavy atom. The molecule has 0 radical (unpaired) electrons. The van der Waals surface area contributed by atoms with Gasteiger partial charge in [-0.1, -0.05) is 18.2 Å². The average molecular weight is 232 g/mol. The molecule has 1 aliphatic heterocycles. The van der Waals surface area contributed by atoms with E-state index in [-0.39, 0.29) is 18.4 Å². The number of urea groups is 1. The van der Waals surface area contributed by atoms with Crippen molar-refractivity contribution in [3.63, 3.8) is 0 Å².